The summed E-state index contributed by atoms with van der Waals surface area (Å²) < 4.78 is 0. The number of anilines is 2. The molecule has 0 amide bonds. The van der Waals surface area contributed by atoms with E-state index in [1.165, 1.54) is 16.9 Å². The Morgan fingerprint density at radius 1 is 0.905 bits per heavy atom. The number of para-hydroxylation sites is 2. The summed E-state index contributed by atoms with van der Waals surface area (Å²) in [4.78, 5) is 9.44. The number of fused-ring (bicyclic) bond motifs is 3. The quantitative estimate of drug-likeness (QED) is 0.793. The molecule has 0 fully saturated rings. The van der Waals surface area contributed by atoms with E-state index in [-0.39, 0.29) is 12.4 Å². The monoisotopic (exact) mass is 298 g/mol. The van der Waals surface area contributed by atoms with Crippen LogP contribution < -0.4 is 22.2 Å². The van der Waals surface area contributed by atoms with Gasteiger partial charge >= 0.3 is 0 Å². The molecule has 21 heavy (non-hydrogen) atoms. The van der Waals surface area contributed by atoms with Gasteiger partial charge < -0.3 is 22.2 Å². The summed E-state index contributed by atoms with van der Waals surface area (Å²) in [6, 6.07) is 19.2. The van der Waals surface area contributed by atoms with Crippen LogP contribution in [0.4, 0.5) is 11.4 Å². The van der Waals surface area contributed by atoms with Gasteiger partial charge in [0.15, 0.2) is 0 Å². The average molecular weight is 299 g/mol. The molecule has 2 heterocycles. The highest BCUT2D eigenvalue weighted by atomic mass is 35.5. The largest absolute Gasteiger partial charge is 1.00 e. The van der Waals surface area contributed by atoms with Crippen molar-refractivity contribution in [1.82, 2.24) is 0 Å². The maximum absolute atomic E-state index is 4.75. The molecule has 4 rings (SSSR count). The maximum Gasteiger partial charge on any atom is 0.206 e. The van der Waals surface area contributed by atoms with E-state index in [9.17, 15) is 0 Å². The second kappa shape index (κ2) is 5.78. The van der Waals surface area contributed by atoms with Crippen molar-refractivity contribution in [2.24, 2.45) is 4.99 Å². The van der Waals surface area contributed by atoms with Gasteiger partial charge in [-0.25, -0.2) is 0 Å². The Hall–Kier alpha value is -2.00. The van der Waals surface area contributed by atoms with Crippen LogP contribution in [0, 0.1) is 0 Å². The number of rotatable bonds is 2. The molecule has 0 aliphatic carbocycles. The molecule has 0 saturated heterocycles. The van der Waals surface area contributed by atoms with Crippen LogP contribution in [0.3, 0.4) is 0 Å². The van der Waals surface area contributed by atoms with Gasteiger partial charge in [0.2, 0.25) is 5.96 Å². The van der Waals surface area contributed by atoms with Gasteiger partial charge in [0, 0.05) is 13.1 Å². The molecular formula is C17H17ClN3-. The van der Waals surface area contributed by atoms with Crippen molar-refractivity contribution in [2.75, 3.05) is 22.9 Å². The number of hydrogen-bond acceptors (Lipinski definition) is 3. The first-order valence-corrected chi connectivity index (χ1v) is 7.16. The van der Waals surface area contributed by atoms with Crippen molar-refractivity contribution >= 4 is 17.3 Å². The standard InChI is InChI=1S/C17H17N3.ClH/c1-2-7-14(8-3-1)13-20-16-10-5-4-9-15(16)19-12-6-11-18-17(19)20;/h1-5,7-10H,6,11-13H2;1H/p-1. The molecule has 0 radical (unpaired) electrons. The van der Waals surface area contributed by atoms with E-state index in [4.69, 9.17) is 4.99 Å². The number of halogens is 1. The van der Waals surface area contributed by atoms with Gasteiger partial charge in [0.1, 0.15) is 0 Å². The number of nitrogens with zero attached hydrogens (tertiary/aromatic N) is 3. The van der Waals surface area contributed by atoms with Crippen LogP contribution in [0.25, 0.3) is 0 Å². The van der Waals surface area contributed by atoms with Gasteiger partial charge in [-0.3, -0.25) is 4.99 Å². The van der Waals surface area contributed by atoms with Crippen molar-refractivity contribution in [1.29, 1.82) is 0 Å². The summed E-state index contributed by atoms with van der Waals surface area (Å²) in [5.41, 5.74) is 3.89. The fourth-order valence-electron chi connectivity index (χ4n) is 3.00. The Morgan fingerprint density at radius 2 is 1.62 bits per heavy atom. The van der Waals surface area contributed by atoms with E-state index in [2.05, 4.69) is 64.4 Å². The van der Waals surface area contributed by atoms with Crippen molar-refractivity contribution in [3.63, 3.8) is 0 Å². The highest BCUT2D eigenvalue weighted by Crippen LogP contribution is 2.38. The molecule has 0 bridgehead atoms. The molecule has 4 heteroatoms. The highest BCUT2D eigenvalue weighted by molar-refractivity contribution is 6.16. The van der Waals surface area contributed by atoms with Gasteiger partial charge in [-0.1, -0.05) is 42.5 Å². The highest BCUT2D eigenvalue weighted by Gasteiger charge is 2.33. The van der Waals surface area contributed by atoms with Crippen molar-refractivity contribution < 1.29 is 12.4 Å². The smallest absolute Gasteiger partial charge is 0.206 e. The minimum Gasteiger partial charge on any atom is -1.00 e. The normalized spacial score (nSPS) is 15.9. The lowest BCUT2D eigenvalue weighted by molar-refractivity contribution is -0.00000391. The number of hydrogen-bond donors (Lipinski definition) is 0. The Morgan fingerprint density at radius 3 is 2.43 bits per heavy atom. The summed E-state index contributed by atoms with van der Waals surface area (Å²) in [6.07, 6.45) is 1.14. The summed E-state index contributed by atoms with van der Waals surface area (Å²) >= 11 is 0. The molecule has 0 atom stereocenters. The minimum atomic E-state index is 0. The lowest BCUT2D eigenvalue weighted by Crippen LogP contribution is -3.00. The van der Waals surface area contributed by atoms with E-state index < -0.39 is 0 Å². The summed E-state index contributed by atoms with van der Waals surface area (Å²) in [5.74, 6) is 1.11. The van der Waals surface area contributed by atoms with Crippen LogP contribution >= 0.6 is 0 Å². The molecular weight excluding hydrogens is 282 g/mol. The van der Waals surface area contributed by atoms with E-state index in [1.54, 1.807) is 0 Å². The van der Waals surface area contributed by atoms with Gasteiger partial charge in [0.05, 0.1) is 17.9 Å². The van der Waals surface area contributed by atoms with Gasteiger partial charge in [0.25, 0.3) is 0 Å². The Labute approximate surface area is 131 Å². The van der Waals surface area contributed by atoms with Crippen molar-refractivity contribution in [2.45, 2.75) is 13.0 Å². The van der Waals surface area contributed by atoms with Crippen LogP contribution in [0.2, 0.25) is 0 Å². The second-order valence-corrected chi connectivity index (χ2v) is 5.25. The third-order valence-electron chi connectivity index (χ3n) is 3.92. The third-order valence-corrected chi connectivity index (χ3v) is 3.92. The van der Waals surface area contributed by atoms with Crippen LogP contribution in [0.15, 0.2) is 59.6 Å². The zero-order chi connectivity index (χ0) is 13.4. The lowest BCUT2D eigenvalue weighted by Gasteiger charge is -2.26. The van der Waals surface area contributed by atoms with Crippen LogP contribution in [-0.2, 0) is 6.54 Å². The third kappa shape index (κ3) is 2.38. The molecule has 0 N–H and O–H groups in total. The molecule has 0 aromatic heterocycles. The first-order chi connectivity index (χ1) is 9.93. The van der Waals surface area contributed by atoms with Gasteiger partial charge in [-0.2, -0.15) is 0 Å². The van der Waals surface area contributed by atoms with E-state index in [0.717, 1.165) is 32.0 Å². The predicted octanol–water partition coefficient (Wildman–Crippen LogP) is 0.277. The van der Waals surface area contributed by atoms with Crippen LogP contribution in [0.1, 0.15) is 12.0 Å². The van der Waals surface area contributed by atoms with Crippen LogP contribution in [0.5, 0.6) is 0 Å². The zero-order valence-electron chi connectivity index (χ0n) is 11.7. The van der Waals surface area contributed by atoms with Gasteiger partial charge in [-0.15, -0.1) is 0 Å². The number of aliphatic imine (C=N–C) groups is 1. The summed E-state index contributed by atoms with van der Waals surface area (Å²) in [6.45, 7) is 2.89. The van der Waals surface area contributed by atoms with Crippen molar-refractivity contribution in [3.8, 4) is 0 Å². The first-order valence-electron chi connectivity index (χ1n) is 7.16. The van der Waals surface area contributed by atoms with E-state index >= 15 is 0 Å². The molecule has 3 nitrogen and oxygen atoms in total. The predicted molar refractivity (Wildman–Crippen MR) is 83.3 cm³/mol. The molecule has 2 aromatic rings. The molecule has 0 unspecified atom stereocenters. The Balaban J connectivity index is 0.00000132. The number of benzene rings is 2. The molecule has 0 spiro atoms. The Bertz CT molecular complexity index is 654. The topological polar surface area (TPSA) is 18.8 Å². The molecule has 0 saturated carbocycles. The molecule has 2 aromatic carbocycles. The average Bonchev–Trinajstić information content (AvgIpc) is 2.84. The van der Waals surface area contributed by atoms with E-state index in [0.29, 0.717) is 0 Å². The van der Waals surface area contributed by atoms with Gasteiger partial charge in [-0.05, 0) is 24.1 Å². The van der Waals surface area contributed by atoms with E-state index in [1.807, 2.05) is 0 Å². The first kappa shape index (κ1) is 14.0. The van der Waals surface area contributed by atoms with Crippen molar-refractivity contribution in [3.05, 3.63) is 60.2 Å². The lowest BCUT2D eigenvalue weighted by atomic mass is 10.2. The molecule has 2 aliphatic heterocycles. The number of guanidine groups is 1. The maximum atomic E-state index is 4.75. The zero-order valence-corrected chi connectivity index (χ0v) is 12.5. The minimum absolute atomic E-state index is 0. The summed E-state index contributed by atoms with van der Waals surface area (Å²) in [7, 11) is 0. The molecule has 108 valence electrons. The fourth-order valence-corrected chi connectivity index (χ4v) is 3.00. The summed E-state index contributed by atoms with van der Waals surface area (Å²) in [5, 5.41) is 0. The van der Waals surface area contributed by atoms with Crippen LogP contribution in [-0.4, -0.2) is 19.0 Å². The fraction of sp³-hybridized carbons (Fsp3) is 0.235. The SMILES string of the molecule is [Cl-].c1ccc(CN2C3=NCCCN3c3ccccc32)cc1. The Kier molecular flexibility index (Phi) is 3.84. The second-order valence-electron chi connectivity index (χ2n) is 5.25. The molecule has 2 aliphatic rings.